The van der Waals surface area contributed by atoms with E-state index in [9.17, 15) is 32.4 Å². The molecule has 4 fully saturated rings. The number of Topliss-reactive ketones (excluding diaryl/α,β-unsaturated/α-hetero) is 1. The highest BCUT2D eigenvalue weighted by atomic mass is 32.2. The number of piperidine rings is 1. The van der Waals surface area contributed by atoms with E-state index >= 15 is 0 Å². The number of hydrogen-bond acceptors (Lipinski definition) is 7. The summed E-state index contributed by atoms with van der Waals surface area (Å²) in [4.78, 5) is 69.4. The number of rotatable bonds is 9. The zero-order chi connectivity index (χ0) is 35.3. The summed E-state index contributed by atoms with van der Waals surface area (Å²) in [6, 6.07) is -3.31. The van der Waals surface area contributed by atoms with Crippen molar-refractivity contribution < 1.29 is 32.4 Å². The molecule has 2 saturated heterocycles. The van der Waals surface area contributed by atoms with Crippen molar-refractivity contribution in [3.8, 4) is 0 Å². The van der Waals surface area contributed by atoms with Gasteiger partial charge in [-0.15, -0.1) is 0 Å². The fourth-order valence-electron chi connectivity index (χ4n) is 8.13. The van der Waals surface area contributed by atoms with Crippen LogP contribution in [-0.4, -0.2) is 104 Å². The van der Waals surface area contributed by atoms with Gasteiger partial charge >= 0.3 is 6.03 Å². The predicted molar refractivity (Wildman–Crippen MR) is 182 cm³/mol. The van der Waals surface area contributed by atoms with E-state index in [0.29, 0.717) is 58.0 Å². The van der Waals surface area contributed by atoms with Crippen LogP contribution in [0, 0.1) is 17.3 Å². The monoisotopic (exact) mass is 694 g/mol. The van der Waals surface area contributed by atoms with Crippen molar-refractivity contribution in [2.24, 2.45) is 17.3 Å². The smallest absolute Gasteiger partial charge is 0.315 e. The minimum atomic E-state index is -3.61. The zero-order valence-corrected chi connectivity index (χ0v) is 30.4. The van der Waals surface area contributed by atoms with E-state index in [-0.39, 0.29) is 28.9 Å². The van der Waals surface area contributed by atoms with Crippen LogP contribution in [0.15, 0.2) is 0 Å². The normalized spacial score (nSPS) is 29.4. The van der Waals surface area contributed by atoms with Crippen LogP contribution in [0.4, 0.5) is 4.79 Å². The Morgan fingerprint density at radius 1 is 0.938 bits per heavy atom. The lowest BCUT2D eigenvalue weighted by atomic mass is 9.83. The molecule has 5 atom stereocenters. The SMILES string of the molecule is CCCNC(=O)C(=O)[C@@H]1CCCCCCCC[C@H](NC(=O)NC2(CS(=O)(=O)N(C)C)CCCCC2)C(=O)N2C[C@H]3[C@@H]([C@H]2C(=O)N1)C3(C)C. The Morgan fingerprint density at radius 3 is 2.17 bits per heavy atom. The maximum Gasteiger partial charge on any atom is 0.315 e. The van der Waals surface area contributed by atoms with E-state index in [1.165, 1.54) is 18.4 Å². The molecule has 2 heterocycles. The molecule has 2 aliphatic carbocycles. The minimum Gasteiger partial charge on any atom is -0.349 e. The summed E-state index contributed by atoms with van der Waals surface area (Å²) >= 11 is 0. The van der Waals surface area contributed by atoms with Crippen LogP contribution in [0.3, 0.4) is 0 Å². The number of sulfonamides is 1. The van der Waals surface area contributed by atoms with Crippen molar-refractivity contribution >= 4 is 39.6 Å². The number of hydrogen-bond donors (Lipinski definition) is 4. The molecule has 4 rings (SSSR count). The summed E-state index contributed by atoms with van der Waals surface area (Å²) in [6.45, 7) is 6.76. The molecular formula is C34H58N6O7S. The quantitative estimate of drug-likeness (QED) is 0.268. The van der Waals surface area contributed by atoms with E-state index in [4.69, 9.17) is 0 Å². The molecule has 0 bridgehead atoms. The number of fused-ring (bicyclic) bond motifs is 3. The summed E-state index contributed by atoms with van der Waals surface area (Å²) in [7, 11) is -0.648. The van der Waals surface area contributed by atoms with Gasteiger partial charge in [0, 0.05) is 27.2 Å². The molecule has 0 aromatic carbocycles. The lowest BCUT2D eigenvalue weighted by molar-refractivity contribution is -0.144. The molecule has 14 heteroatoms. The van der Waals surface area contributed by atoms with Crippen LogP contribution in [-0.2, 0) is 29.2 Å². The molecule has 0 aromatic rings. The first-order valence-corrected chi connectivity index (χ1v) is 19.7. The van der Waals surface area contributed by atoms with Gasteiger partial charge in [-0.05, 0) is 49.4 Å². The fourth-order valence-corrected chi connectivity index (χ4v) is 9.45. The molecule has 48 heavy (non-hydrogen) atoms. The molecule has 2 saturated carbocycles. The number of carbonyl (C=O) groups is 5. The van der Waals surface area contributed by atoms with Gasteiger partial charge in [0.25, 0.3) is 5.91 Å². The first-order valence-electron chi connectivity index (χ1n) is 18.1. The highest BCUT2D eigenvalue weighted by Crippen LogP contribution is 2.65. The Morgan fingerprint density at radius 2 is 1.54 bits per heavy atom. The van der Waals surface area contributed by atoms with Crippen LogP contribution in [0.5, 0.6) is 0 Å². The molecular weight excluding hydrogens is 636 g/mol. The Balaban J connectivity index is 1.56. The third-order valence-electron chi connectivity index (χ3n) is 11.2. The summed E-state index contributed by atoms with van der Waals surface area (Å²) in [5, 5.41) is 11.4. The lowest BCUT2D eigenvalue weighted by Gasteiger charge is -2.39. The molecule has 0 radical (unpaired) electrons. The van der Waals surface area contributed by atoms with Gasteiger partial charge in [0.1, 0.15) is 12.1 Å². The zero-order valence-electron chi connectivity index (χ0n) is 29.6. The van der Waals surface area contributed by atoms with Crippen LogP contribution in [0.2, 0.25) is 0 Å². The Labute approximate surface area is 286 Å². The van der Waals surface area contributed by atoms with E-state index < -0.39 is 57.3 Å². The summed E-state index contributed by atoms with van der Waals surface area (Å²) in [6.07, 6.45) is 9.86. The van der Waals surface area contributed by atoms with Gasteiger partial charge in [-0.25, -0.2) is 17.5 Å². The molecule has 13 nitrogen and oxygen atoms in total. The number of urea groups is 1. The topological polar surface area (TPSA) is 174 Å². The first kappa shape index (κ1) is 38.1. The van der Waals surface area contributed by atoms with E-state index in [2.05, 4.69) is 35.1 Å². The van der Waals surface area contributed by atoms with E-state index in [1.807, 2.05) is 6.92 Å². The average Bonchev–Trinajstić information content (AvgIpc) is 3.33. The molecule has 5 amide bonds. The van der Waals surface area contributed by atoms with Crippen molar-refractivity contribution in [2.45, 2.75) is 134 Å². The van der Waals surface area contributed by atoms with Gasteiger partial charge in [-0.3, -0.25) is 19.2 Å². The van der Waals surface area contributed by atoms with Crippen molar-refractivity contribution in [3.63, 3.8) is 0 Å². The highest BCUT2D eigenvalue weighted by Gasteiger charge is 2.69. The molecule has 4 aliphatic rings. The van der Waals surface area contributed by atoms with Crippen molar-refractivity contribution in [2.75, 3.05) is 32.9 Å². The second-order valence-electron chi connectivity index (χ2n) is 15.3. The van der Waals surface area contributed by atoms with Gasteiger partial charge in [-0.2, -0.15) is 0 Å². The van der Waals surface area contributed by atoms with Crippen molar-refractivity contribution in [3.05, 3.63) is 0 Å². The second-order valence-corrected chi connectivity index (χ2v) is 17.5. The maximum absolute atomic E-state index is 14.3. The van der Waals surface area contributed by atoms with Crippen LogP contribution in [0.1, 0.15) is 111 Å². The van der Waals surface area contributed by atoms with Crippen LogP contribution < -0.4 is 21.3 Å². The third kappa shape index (κ3) is 8.88. The lowest BCUT2D eigenvalue weighted by Crippen LogP contribution is -2.62. The molecule has 0 unspecified atom stereocenters. The predicted octanol–water partition coefficient (Wildman–Crippen LogP) is 2.45. The molecule has 272 valence electrons. The molecule has 0 spiro atoms. The van der Waals surface area contributed by atoms with E-state index in [0.717, 1.165) is 44.9 Å². The van der Waals surface area contributed by atoms with Gasteiger partial charge < -0.3 is 26.2 Å². The van der Waals surface area contributed by atoms with Gasteiger partial charge in [-0.1, -0.05) is 78.6 Å². The number of amides is 5. The van der Waals surface area contributed by atoms with E-state index in [1.54, 1.807) is 4.90 Å². The number of ketones is 1. The minimum absolute atomic E-state index is 0.0920. The van der Waals surface area contributed by atoms with Crippen molar-refractivity contribution in [1.82, 2.24) is 30.5 Å². The van der Waals surface area contributed by atoms with Gasteiger partial charge in [0.05, 0.1) is 17.3 Å². The summed E-state index contributed by atoms with van der Waals surface area (Å²) < 4.78 is 27.0. The number of nitrogens with zero attached hydrogens (tertiary/aromatic N) is 2. The summed E-state index contributed by atoms with van der Waals surface area (Å²) in [5.41, 5.74) is -1.12. The Kier molecular flexibility index (Phi) is 12.6. The van der Waals surface area contributed by atoms with Crippen LogP contribution in [0.25, 0.3) is 0 Å². The van der Waals surface area contributed by atoms with Gasteiger partial charge in [0.15, 0.2) is 0 Å². The first-order chi connectivity index (χ1) is 22.6. The highest BCUT2D eigenvalue weighted by molar-refractivity contribution is 7.89. The molecule has 2 aliphatic heterocycles. The number of carbonyl (C=O) groups excluding carboxylic acids is 5. The van der Waals surface area contributed by atoms with Gasteiger partial charge in [0.2, 0.25) is 27.6 Å². The number of nitrogens with one attached hydrogen (secondary N) is 4. The standard InChI is InChI=1S/C34H58N6O7S/c1-6-20-35-30(43)28(41)24-16-12-9-7-8-10-13-17-25(31(44)40-21-23-26(33(23,2)3)27(40)29(42)36-24)37-32(45)38-34(18-14-11-15-19-34)22-48(46,47)39(4)5/h23-27H,6-22H2,1-5H3,(H,35,43)(H,36,42)(H2,37,38,45)/t23-,24-,25-,26-,27-/m0/s1. The Bertz CT molecular complexity index is 1310. The molecule has 0 aromatic heterocycles. The van der Waals surface area contributed by atoms with Crippen LogP contribution >= 0.6 is 0 Å². The fraction of sp³-hybridized carbons (Fsp3) is 0.853. The third-order valence-corrected chi connectivity index (χ3v) is 13.2. The summed E-state index contributed by atoms with van der Waals surface area (Å²) in [5.74, 6) is -2.43. The molecule has 4 N–H and O–H groups in total. The largest absolute Gasteiger partial charge is 0.349 e. The van der Waals surface area contributed by atoms with Crippen molar-refractivity contribution in [1.29, 1.82) is 0 Å². The second kappa shape index (κ2) is 15.9. The Hall–Kier alpha value is -2.74. The maximum atomic E-state index is 14.3. The average molecular weight is 695 g/mol.